The summed E-state index contributed by atoms with van der Waals surface area (Å²) in [6.45, 7) is 6.22. The van der Waals surface area contributed by atoms with Gasteiger partial charge >= 0.3 is 6.18 Å². The Hall–Kier alpha value is -3.15. The monoisotopic (exact) mass is 395 g/mol. The third-order valence-electron chi connectivity index (χ3n) is 5.26. The molecule has 0 bridgehead atoms. The summed E-state index contributed by atoms with van der Waals surface area (Å²) < 4.78 is 40.0. The number of hydrogen-bond acceptors (Lipinski definition) is 2. The van der Waals surface area contributed by atoms with Crippen molar-refractivity contribution in [2.24, 2.45) is 0 Å². The van der Waals surface area contributed by atoms with Crippen molar-refractivity contribution in [2.45, 2.75) is 32.4 Å². The molecule has 1 aliphatic heterocycles. The van der Waals surface area contributed by atoms with Crippen LogP contribution in [0.3, 0.4) is 0 Å². The molecule has 29 heavy (non-hydrogen) atoms. The van der Waals surface area contributed by atoms with Gasteiger partial charge in [0.1, 0.15) is 11.7 Å². The van der Waals surface area contributed by atoms with Crippen LogP contribution in [0.4, 0.5) is 13.2 Å². The van der Waals surface area contributed by atoms with Crippen molar-refractivity contribution in [1.29, 1.82) is 10.8 Å². The average molecular weight is 395 g/mol. The van der Waals surface area contributed by atoms with Gasteiger partial charge in [-0.3, -0.25) is 10.8 Å². The van der Waals surface area contributed by atoms with Crippen LogP contribution in [0, 0.1) is 10.8 Å². The van der Waals surface area contributed by atoms with Crippen molar-refractivity contribution in [3.05, 3.63) is 70.8 Å². The van der Waals surface area contributed by atoms with Gasteiger partial charge in [0.25, 0.3) is 0 Å². The maximum atomic E-state index is 13.3. The molecule has 0 saturated carbocycles. The summed E-state index contributed by atoms with van der Waals surface area (Å²) in [4.78, 5) is 0. The second-order valence-electron chi connectivity index (χ2n) is 8.31. The largest absolute Gasteiger partial charge is 0.416 e. The highest BCUT2D eigenvalue weighted by atomic mass is 19.4. The molecule has 0 spiro atoms. The number of rotatable bonds is 1. The lowest BCUT2D eigenvalue weighted by Crippen LogP contribution is -2.20. The third-order valence-corrected chi connectivity index (χ3v) is 5.26. The molecule has 0 aliphatic carbocycles. The number of amidine groups is 2. The lowest BCUT2D eigenvalue weighted by molar-refractivity contribution is -0.137. The van der Waals surface area contributed by atoms with Gasteiger partial charge in [-0.25, -0.2) is 0 Å². The number of alkyl halides is 3. The zero-order chi connectivity index (χ0) is 21.1. The number of benzene rings is 3. The molecule has 0 atom stereocenters. The van der Waals surface area contributed by atoms with E-state index in [1.807, 2.05) is 24.3 Å². The Morgan fingerprint density at radius 3 is 2.17 bits per heavy atom. The molecular formula is C23H20F3N3. The molecule has 0 unspecified atom stereocenters. The molecule has 148 valence electrons. The highest BCUT2D eigenvalue weighted by Gasteiger charge is 2.32. The van der Waals surface area contributed by atoms with E-state index in [0.29, 0.717) is 22.3 Å². The normalized spacial score (nSPS) is 14.3. The molecule has 0 radical (unpaired) electrons. The van der Waals surface area contributed by atoms with E-state index in [1.54, 1.807) is 6.07 Å². The predicted molar refractivity (Wildman–Crippen MR) is 110 cm³/mol. The van der Waals surface area contributed by atoms with Crippen LogP contribution in [0.2, 0.25) is 0 Å². The molecule has 3 nitrogen and oxygen atoms in total. The predicted octanol–water partition coefficient (Wildman–Crippen LogP) is 6.08. The Bertz CT molecular complexity index is 1180. The molecule has 3 aromatic carbocycles. The van der Waals surface area contributed by atoms with E-state index >= 15 is 0 Å². The van der Waals surface area contributed by atoms with E-state index in [-0.39, 0.29) is 17.1 Å². The Morgan fingerprint density at radius 1 is 0.793 bits per heavy atom. The molecule has 3 aromatic rings. The fraction of sp³-hybridized carbons (Fsp3) is 0.217. The van der Waals surface area contributed by atoms with Crippen LogP contribution in [0.25, 0.3) is 21.9 Å². The number of halogens is 3. The zero-order valence-electron chi connectivity index (χ0n) is 16.3. The Balaban J connectivity index is 2.12. The molecule has 0 fully saturated rings. The van der Waals surface area contributed by atoms with Crippen molar-refractivity contribution in [1.82, 2.24) is 5.32 Å². The number of fused-ring (bicyclic) bond motifs is 2. The lowest BCUT2D eigenvalue weighted by atomic mass is 9.83. The van der Waals surface area contributed by atoms with Crippen LogP contribution in [0.5, 0.6) is 0 Å². The van der Waals surface area contributed by atoms with E-state index < -0.39 is 11.7 Å². The van der Waals surface area contributed by atoms with E-state index in [0.717, 1.165) is 28.5 Å². The quantitative estimate of drug-likeness (QED) is 0.460. The lowest BCUT2D eigenvalue weighted by Gasteiger charge is -2.21. The molecule has 1 heterocycles. The second-order valence-corrected chi connectivity index (χ2v) is 8.31. The van der Waals surface area contributed by atoms with Crippen molar-refractivity contribution in [3.8, 4) is 11.1 Å². The van der Waals surface area contributed by atoms with Crippen molar-refractivity contribution in [3.63, 3.8) is 0 Å². The van der Waals surface area contributed by atoms with Crippen LogP contribution in [-0.4, -0.2) is 11.7 Å². The Labute approximate surface area is 166 Å². The van der Waals surface area contributed by atoms with Gasteiger partial charge in [-0.1, -0.05) is 45.0 Å². The second kappa shape index (κ2) is 6.17. The minimum Gasteiger partial charge on any atom is -0.325 e. The molecule has 6 heteroatoms. The maximum Gasteiger partial charge on any atom is 0.416 e. The van der Waals surface area contributed by atoms with Gasteiger partial charge in [-0.15, -0.1) is 0 Å². The summed E-state index contributed by atoms with van der Waals surface area (Å²) in [5.41, 5.74) is 2.09. The minimum atomic E-state index is -4.46. The highest BCUT2D eigenvalue weighted by molar-refractivity contribution is 6.28. The van der Waals surface area contributed by atoms with Gasteiger partial charge in [0.2, 0.25) is 0 Å². The SMILES string of the molecule is CC(C)(C)c1ccc2cc3c(c(-c4cccc(C(F)(F)F)c4)c2c1)C(=N)NC3=N. The average Bonchev–Trinajstić information content (AvgIpc) is 2.91. The number of hydrogen-bond donors (Lipinski definition) is 3. The van der Waals surface area contributed by atoms with Crippen LogP contribution >= 0.6 is 0 Å². The van der Waals surface area contributed by atoms with Gasteiger partial charge in [0.15, 0.2) is 0 Å². The van der Waals surface area contributed by atoms with Crippen molar-refractivity contribution >= 4 is 22.4 Å². The summed E-state index contributed by atoms with van der Waals surface area (Å²) in [6.07, 6.45) is -4.46. The van der Waals surface area contributed by atoms with Gasteiger partial charge in [-0.2, -0.15) is 13.2 Å². The standard InChI is InChI=1S/C23H20F3N3/c1-22(2,3)14-8-7-12-10-17-19(21(28)29-20(17)27)18(16(12)11-14)13-5-4-6-15(9-13)23(24,25)26/h4-11H,1-3H3,(H3,27,28,29). The van der Waals surface area contributed by atoms with E-state index in [2.05, 4.69) is 26.1 Å². The maximum absolute atomic E-state index is 13.3. The smallest absolute Gasteiger partial charge is 0.325 e. The summed E-state index contributed by atoms with van der Waals surface area (Å²) in [5, 5.41) is 20.8. The molecule has 0 aromatic heterocycles. The Kier molecular flexibility index (Phi) is 4.08. The van der Waals surface area contributed by atoms with Crippen LogP contribution in [0.15, 0.2) is 48.5 Å². The fourth-order valence-corrected chi connectivity index (χ4v) is 3.72. The van der Waals surface area contributed by atoms with Gasteiger partial charge in [0, 0.05) is 16.7 Å². The van der Waals surface area contributed by atoms with Gasteiger partial charge < -0.3 is 5.32 Å². The summed E-state index contributed by atoms with van der Waals surface area (Å²) in [7, 11) is 0. The van der Waals surface area contributed by atoms with Crippen LogP contribution < -0.4 is 5.32 Å². The molecule has 3 N–H and O–H groups in total. The highest BCUT2D eigenvalue weighted by Crippen LogP contribution is 2.40. The molecule has 0 saturated heterocycles. The van der Waals surface area contributed by atoms with Crippen LogP contribution in [0.1, 0.15) is 43.0 Å². The first-order chi connectivity index (χ1) is 13.5. The van der Waals surface area contributed by atoms with Gasteiger partial charge in [0.05, 0.1) is 5.56 Å². The first kappa shape index (κ1) is 19.2. The third kappa shape index (κ3) is 3.18. The fourth-order valence-electron chi connectivity index (χ4n) is 3.72. The minimum absolute atomic E-state index is 0.0282. The first-order valence-electron chi connectivity index (χ1n) is 9.20. The molecule has 0 amide bonds. The van der Waals surface area contributed by atoms with Gasteiger partial charge in [-0.05, 0) is 51.6 Å². The van der Waals surface area contributed by atoms with Crippen LogP contribution in [-0.2, 0) is 11.6 Å². The summed E-state index contributed by atoms with van der Waals surface area (Å²) in [6, 6.07) is 12.9. The first-order valence-corrected chi connectivity index (χ1v) is 9.20. The van der Waals surface area contributed by atoms with Crippen molar-refractivity contribution in [2.75, 3.05) is 0 Å². The summed E-state index contributed by atoms with van der Waals surface area (Å²) >= 11 is 0. The number of nitrogens with one attached hydrogen (secondary N) is 3. The topological polar surface area (TPSA) is 59.7 Å². The van der Waals surface area contributed by atoms with E-state index in [1.165, 1.54) is 6.07 Å². The Morgan fingerprint density at radius 2 is 1.52 bits per heavy atom. The zero-order valence-corrected chi connectivity index (χ0v) is 16.3. The van der Waals surface area contributed by atoms with Crippen molar-refractivity contribution < 1.29 is 13.2 Å². The summed E-state index contributed by atoms with van der Waals surface area (Å²) in [5.74, 6) is 0.112. The van der Waals surface area contributed by atoms with E-state index in [9.17, 15) is 13.2 Å². The molecule has 4 rings (SSSR count). The molecular weight excluding hydrogens is 375 g/mol. The molecule has 1 aliphatic rings. The van der Waals surface area contributed by atoms with E-state index in [4.69, 9.17) is 10.8 Å².